The summed E-state index contributed by atoms with van der Waals surface area (Å²) >= 11 is 0. The first kappa shape index (κ1) is 11.7. The van der Waals surface area contributed by atoms with Crippen molar-refractivity contribution < 1.29 is 19.4 Å². The maximum Gasteiger partial charge on any atom is 0.310 e. The third kappa shape index (κ3) is 3.06. The van der Waals surface area contributed by atoms with Crippen LogP contribution in [0.4, 0.5) is 0 Å². The van der Waals surface area contributed by atoms with E-state index in [1.54, 1.807) is 0 Å². The summed E-state index contributed by atoms with van der Waals surface area (Å²) in [6, 6.07) is 0. The van der Waals surface area contributed by atoms with Gasteiger partial charge in [-0.3, -0.25) is 9.59 Å². The summed E-state index contributed by atoms with van der Waals surface area (Å²) in [7, 11) is 0. The number of piperidine rings is 1. The van der Waals surface area contributed by atoms with Crippen molar-refractivity contribution in [2.45, 2.75) is 6.42 Å². The van der Waals surface area contributed by atoms with Crippen molar-refractivity contribution in [2.75, 3.05) is 19.7 Å². The van der Waals surface area contributed by atoms with E-state index in [9.17, 15) is 9.59 Å². The molecular weight excluding hydrogens is 198 g/mol. The van der Waals surface area contributed by atoms with Crippen molar-refractivity contribution in [1.29, 1.82) is 0 Å². The molecule has 1 heterocycles. The van der Waals surface area contributed by atoms with Crippen LogP contribution in [0.5, 0.6) is 0 Å². The number of carboxylic acids is 1. The highest BCUT2D eigenvalue weighted by Gasteiger charge is 2.36. The maximum atomic E-state index is 11.5. The first-order chi connectivity index (χ1) is 7.16. The van der Waals surface area contributed by atoms with Crippen LogP contribution in [0.15, 0.2) is 12.7 Å². The molecule has 5 heteroatoms. The number of aliphatic carboxylic acids is 1. The van der Waals surface area contributed by atoms with Gasteiger partial charge < -0.3 is 15.2 Å². The normalized spacial score (nSPS) is 25.6. The molecule has 0 aromatic carbocycles. The van der Waals surface area contributed by atoms with Crippen LogP contribution in [0.2, 0.25) is 0 Å². The summed E-state index contributed by atoms with van der Waals surface area (Å²) < 4.78 is 4.86. The Kier molecular flexibility index (Phi) is 4.30. The van der Waals surface area contributed by atoms with E-state index < -0.39 is 23.8 Å². The van der Waals surface area contributed by atoms with Gasteiger partial charge in [-0.1, -0.05) is 12.7 Å². The number of ether oxygens (including phenoxy) is 1. The Morgan fingerprint density at radius 3 is 2.87 bits per heavy atom. The van der Waals surface area contributed by atoms with E-state index in [0.29, 0.717) is 19.5 Å². The third-order valence-electron chi connectivity index (χ3n) is 2.45. The molecule has 0 amide bonds. The van der Waals surface area contributed by atoms with Crippen LogP contribution in [0, 0.1) is 11.8 Å². The molecule has 0 aromatic heterocycles. The Morgan fingerprint density at radius 1 is 1.53 bits per heavy atom. The largest absolute Gasteiger partial charge is 0.481 e. The first-order valence-electron chi connectivity index (χ1n) is 4.88. The van der Waals surface area contributed by atoms with Gasteiger partial charge in [0.2, 0.25) is 0 Å². The van der Waals surface area contributed by atoms with Crippen molar-refractivity contribution in [3.63, 3.8) is 0 Å². The zero-order valence-electron chi connectivity index (χ0n) is 8.44. The topological polar surface area (TPSA) is 75.6 Å². The molecular formula is C10H15NO4. The molecule has 2 unspecified atom stereocenters. The van der Waals surface area contributed by atoms with Crippen molar-refractivity contribution in [1.82, 2.24) is 5.32 Å². The molecule has 0 bridgehead atoms. The van der Waals surface area contributed by atoms with Crippen LogP contribution in [-0.2, 0) is 14.3 Å². The summed E-state index contributed by atoms with van der Waals surface area (Å²) in [5, 5.41) is 11.9. The molecule has 84 valence electrons. The predicted octanol–water partition coefficient (Wildman–Crippen LogP) is 0.0259. The fraction of sp³-hybridized carbons (Fsp3) is 0.600. The number of nitrogens with one attached hydrogen (secondary N) is 1. The molecule has 2 atom stereocenters. The zero-order chi connectivity index (χ0) is 11.3. The summed E-state index contributed by atoms with van der Waals surface area (Å²) in [6.07, 6.45) is 1.97. The molecule has 15 heavy (non-hydrogen) atoms. The van der Waals surface area contributed by atoms with Crippen molar-refractivity contribution >= 4 is 11.9 Å². The minimum absolute atomic E-state index is 0.134. The molecule has 0 saturated carbocycles. The summed E-state index contributed by atoms with van der Waals surface area (Å²) in [5.74, 6) is -2.62. The monoisotopic (exact) mass is 213 g/mol. The number of carbonyl (C=O) groups is 2. The maximum absolute atomic E-state index is 11.5. The van der Waals surface area contributed by atoms with Gasteiger partial charge in [0.25, 0.3) is 0 Å². The van der Waals surface area contributed by atoms with Crippen molar-refractivity contribution in [3.8, 4) is 0 Å². The van der Waals surface area contributed by atoms with Gasteiger partial charge in [0, 0.05) is 6.54 Å². The smallest absolute Gasteiger partial charge is 0.310 e. The van der Waals surface area contributed by atoms with Gasteiger partial charge in [0.05, 0.1) is 11.8 Å². The van der Waals surface area contributed by atoms with Crippen LogP contribution in [0.1, 0.15) is 6.42 Å². The Bertz CT molecular complexity index is 264. The van der Waals surface area contributed by atoms with Crippen molar-refractivity contribution in [2.24, 2.45) is 11.8 Å². The molecule has 1 fully saturated rings. The molecule has 1 aliphatic rings. The Labute approximate surface area is 88.1 Å². The van der Waals surface area contributed by atoms with Crippen LogP contribution in [-0.4, -0.2) is 36.7 Å². The van der Waals surface area contributed by atoms with Crippen LogP contribution in [0.3, 0.4) is 0 Å². The highest BCUT2D eigenvalue weighted by Crippen LogP contribution is 2.20. The Hall–Kier alpha value is -1.36. The molecule has 0 aromatic rings. The van der Waals surface area contributed by atoms with Gasteiger partial charge in [-0.05, 0) is 13.0 Å². The molecule has 5 nitrogen and oxygen atoms in total. The van der Waals surface area contributed by atoms with E-state index in [1.807, 2.05) is 0 Å². The lowest BCUT2D eigenvalue weighted by Gasteiger charge is -2.27. The third-order valence-corrected chi connectivity index (χ3v) is 2.45. The molecule has 0 spiro atoms. The fourth-order valence-corrected chi connectivity index (χ4v) is 1.65. The second kappa shape index (κ2) is 5.50. The summed E-state index contributed by atoms with van der Waals surface area (Å²) in [5.41, 5.74) is 0. The van der Waals surface area contributed by atoms with E-state index in [1.165, 1.54) is 6.08 Å². The lowest BCUT2D eigenvalue weighted by molar-refractivity contribution is -0.158. The highest BCUT2D eigenvalue weighted by atomic mass is 16.5. The molecule has 0 radical (unpaired) electrons. The number of carboxylic acid groups (broad SMARTS) is 1. The van der Waals surface area contributed by atoms with Crippen LogP contribution < -0.4 is 5.32 Å². The van der Waals surface area contributed by atoms with E-state index in [2.05, 4.69) is 11.9 Å². The fourth-order valence-electron chi connectivity index (χ4n) is 1.65. The van der Waals surface area contributed by atoms with Crippen LogP contribution >= 0.6 is 0 Å². The minimum atomic E-state index is -0.956. The number of rotatable bonds is 4. The number of carbonyl (C=O) groups excluding carboxylic acids is 1. The van der Waals surface area contributed by atoms with Gasteiger partial charge >= 0.3 is 11.9 Å². The average Bonchev–Trinajstić information content (AvgIpc) is 2.25. The lowest BCUT2D eigenvalue weighted by Crippen LogP contribution is -2.44. The molecule has 0 aliphatic carbocycles. The lowest BCUT2D eigenvalue weighted by atomic mass is 9.86. The number of esters is 1. The van der Waals surface area contributed by atoms with Gasteiger partial charge in [-0.25, -0.2) is 0 Å². The number of hydrogen-bond donors (Lipinski definition) is 2. The number of hydrogen-bond acceptors (Lipinski definition) is 4. The standard InChI is InChI=1S/C10H15NO4/c1-2-5-15-10(14)7-3-4-11-6-8(7)9(12)13/h2,7-8,11H,1,3-6H2,(H,12,13). The minimum Gasteiger partial charge on any atom is -0.481 e. The van der Waals surface area contributed by atoms with Crippen molar-refractivity contribution in [3.05, 3.63) is 12.7 Å². The SMILES string of the molecule is C=CCOC(=O)C1CCNCC1C(=O)O. The van der Waals surface area contributed by atoms with E-state index >= 15 is 0 Å². The summed E-state index contributed by atoms with van der Waals surface area (Å²) in [6.45, 7) is 4.53. The van der Waals surface area contributed by atoms with E-state index in [-0.39, 0.29) is 6.61 Å². The van der Waals surface area contributed by atoms with Crippen LogP contribution in [0.25, 0.3) is 0 Å². The van der Waals surface area contributed by atoms with E-state index in [4.69, 9.17) is 9.84 Å². The molecule has 2 N–H and O–H groups in total. The second-order valence-electron chi connectivity index (χ2n) is 3.46. The predicted molar refractivity (Wildman–Crippen MR) is 53.3 cm³/mol. The Morgan fingerprint density at radius 2 is 2.27 bits per heavy atom. The van der Waals surface area contributed by atoms with Gasteiger partial charge in [0.1, 0.15) is 6.61 Å². The first-order valence-corrected chi connectivity index (χ1v) is 4.88. The molecule has 1 saturated heterocycles. The molecule has 1 rings (SSSR count). The quantitative estimate of drug-likeness (QED) is 0.509. The molecule has 1 aliphatic heterocycles. The van der Waals surface area contributed by atoms with Gasteiger partial charge in [0.15, 0.2) is 0 Å². The second-order valence-corrected chi connectivity index (χ2v) is 3.46. The van der Waals surface area contributed by atoms with Gasteiger partial charge in [-0.2, -0.15) is 0 Å². The highest BCUT2D eigenvalue weighted by molar-refractivity contribution is 5.81. The van der Waals surface area contributed by atoms with E-state index in [0.717, 1.165) is 0 Å². The zero-order valence-corrected chi connectivity index (χ0v) is 8.44. The summed E-state index contributed by atoms with van der Waals surface area (Å²) in [4.78, 5) is 22.4. The average molecular weight is 213 g/mol. The Balaban J connectivity index is 2.58. The van der Waals surface area contributed by atoms with Gasteiger partial charge in [-0.15, -0.1) is 0 Å².